The van der Waals surface area contributed by atoms with E-state index in [0.717, 1.165) is 10.8 Å². The molecule has 0 unspecified atom stereocenters. The molecular weight excluding hydrogens is 184 g/mol. The van der Waals surface area contributed by atoms with Crippen LogP contribution in [0.15, 0.2) is 35.4 Å². The van der Waals surface area contributed by atoms with Gasteiger partial charge >= 0.3 is 0 Å². The smallest absolute Gasteiger partial charge is 0.120 e. The summed E-state index contributed by atoms with van der Waals surface area (Å²) < 4.78 is 5.44. The van der Waals surface area contributed by atoms with Crippen LogP contribution in [0.3, 0.4) is 0 Å². The van der Waals surface area contributed by atoms with Crippen molar-refractivity contribution in [2.24, 2.45) is 0 Å². The van der Waals surface area contributed by atoms with E-state index < -0.39 is 0 Å². The maximum Gasteiger partial charge on any atom is 0.120 e. The molecular formula is C11H13ClO. The van der Waals surface area contributed by atoms with Crippen LogP contribution >= 0.6 is 11.6 Å². The third-order valence-electron chi connectivity index (χ3n) is 1.60. The highest BCUT2D eigenvalue weighted by Crippen LogP contribution is 2.12. The summed E-state index contributed by atoms with van der Waals surface area (Å²) in [5, 5.41) is 0.757. The average Bonchev–Trinajstić information content (AvgIpc) is 2.03. The monoisotopic (exact) mass is 196 g/mol. The molecule has 0 spiro atoms. The van der Waals surface area contributed by atoms with Crippen molar-refractivity contribution < 1.29 is 4.74 Å². The molecule has 0 saturated carbocycles. The molecule has 70 valence electrons. The SMILES string of the molecule is CC(Cl)=CCOc1cccc(C)c1. The van der Waals surface area contributed by atoms with Crippen molar-refractivity contribution in [2.45, 2.75) is 13.8 Å². The highest BCUT2D eigenvalue weighted by atomic mass is 35.5. The maximum atomic E-state index is 5.66. The largest absolute Gasteiger partial charge is 0.489 e. The first-order valence-corrected chi connectivity index (χ1v) is 4.58. The quantitative estimate of drug-likeness (QED) is 0.719. The van der Waals surface area contributed by atoms with Crippen LogP contribution in [-0.2, 0) is 0 Å². The predicted octanol–water partition coefficient (Wildman–Crippen LogP) is 3.52. The van der Waals surface area contributed by atoms with Crippen LogP contribution in [-0.4, -0.2) is 6.61 Å². The van der Waals surface area contributed by atoms with E-state index >= 15 is 0 Å². The van der Waals surface area contributed by atoms with Crippen LogP contribution < -0.4 is 4.74 Å². The van der Waals surface area contributed by atoms with E-state index in [1.807, 2.05) is 44.2 Å². The fourth-order valence-electron chi connectivity index (χ4n) is 0.958. The molecule has 0 aromatic heterocycles. The molecule has 1 aromatic rings. The van der Waals surface area contributed by atoms with Crippen molar-refractivity contribution in [3.63, 3.8) is 0 Å². The maximum absolute atomic E-state index is 5.66. The molecule has 0 radical (unpaired) electrons. The molecule has 1 nitrogen and oxygen atoms in total. The van der Waals surface area contributed by atoms with Crippen molar-refractivity contribution in [1.82, 2.24) is 0 Å². The van der Waals surface area contributed by atoms with Gasteiger partial charge in [-0.2, -0.15) is 0 Å². The Balaban J connectivity index is 2.50. The van der Waals surface area contributed by atoms with Gasteiger partial charge in [-0.1, -0.05) is 23.7 Å². The minimum Gasteiger partial charge on any atom is -0.489 e. The van der Waals surface area contributed by atoms with Crippen LogP contribution in [0.5, 0.6) is 5.75 Å². The summed E-state index contributed by atoms with van der Waals surface area (Å²) in [4.78, 5) is 0. The predicted molar refractivity (Wildman–Crippen MR) is 56.3 cm³/mol. The van der Waals surface area contributed by atoms with E-state index in [9.17, 15) is 0 Å². The average molecular weight is 197 g/mol. The molecule has 0 heterocycles. The normalized spacial score (nSPS) is 11.5. The van der Waals surface area contributed by atoms with Crippen LogP contribution in [0.1, 0.15) is 12.5 Å². The standard InChI is InChI=1S/C11H13ClO/c1-9-4-3-5-11(8-9)13-7-6-10(2)12/h3-6,8H,7H2,1-2H3. The number of aryl methyl sites for hydroxylation is 1. The zero-order valence-corrected chi connectivity index (χ0v) is 8.64. The van der Waals surface area contributed by atoms with Gasteiger partial charge < -0.3 is 4.74 Å². The van der Waals surface area contributed by atoms with Crippen molar-refractivity contribution in [1.29, 1.82) is 0 Å². The second kappa shape index (κ2) is 4.93. The minimum absolute atomic E-state index is 0.527. The van der Waals surface area contributed by atoms with Gasteiger partial charge in [0.25, 0.3) is 0 Å². The third kappa shape index (κ3) is 4.00. The number of hydrogen-bond acceptors (Lipinski definition) is 1. The Morgan fingerprint density at radius 2 is 2.31 bits per heavy atom. The molecule has 0 saturated heterocycles. The molecule has 0 atom stereocenters. The Bertz CT molecular complexity index is 301. The molecule has 0 fully saturated rings. The van der Waals surface area contributed by atoms with Gasteiger partial charge in [0.15, 0.2) is 0 Å². The minimum atomic E-state index is 0.527. The molecule has 2 heteroatoms. The summed E-state index contributed by atoms with van der Waals surface area (Å²) in [6, 6.07) is 7.94. The van der Waals surface area contributed by atoms with Crippen LogP contribution in [0.2, 0.25) is 0 Å². The van der Waals surface area contributed by atoms with E-state index in [0.29, 0.717) is 6.61 Å². The highest BCUT2D eigenvalue weighted by Gasteiger charge is 1.91. The molecule has 13 heavy (non-hydrogen) atoms. The number of hydrogen-bond donors (Lipinski definition) is 0. The lowest BCUT2D eigenvalue weighted by molar-refractivity contribution is 0.362. The molecule has 0 amide bonds. The van der Waals surface area contributed by atoms with E-state index in [1.54, 1.807) is 0 Å². The summed E-state index contributed by atoms with van der Waals surface area (Å²) in [6.45, 7) is 4.40. The number of ether oxygens (including phenoxy) is 1. The van der Waals surface area contributed by atoms with Gasteiger partial charge in [-0.05, 0) is 37.6 Å². The molecule has 0 aliphatic rings. The fourth-order valence-corrected chi connectivity index (χ4v) is 1.02. The summed E-state index contributed by atoms with van der Waals surface area (Å²) in [7, 11) is 0. The molecule has 0 aliphatic heterocycles. The number of rotatable bonds is 3. The van der Waals surface area contributed by atoms with Gasteiger partial charge in [0.2, 0.25) is 0 Å². The molecule has 1 aromatic carbocycles. The zero-order chi connectivity index (χ0) is 9.68. The van der Waals surface area contributed by atoms with Crippen molar-refractivity contribution >= 4 is 11.6 Å². The van der Waals surface area contributed by atoms with Gasteiger partial charge in [-0.3, -0.25) is 0 Å². The van der Waals surface area contributed by atoms with Gasteiger partial charge in [-0.25, -0.2) is 0 Å². The van der Waals surface area contributed by atoms with Crippen molar-refractivity contribution in [3.05, 3.63) is 40.9 Å². The Hall–Kier alpha value is -0.950. The fraction of sp³-hybridized carbons (Fsp3) is 0.273. The Labute approximate surface area is 84.0 Å². The first-order valence-electron chi connectivity index (χ1n) is 4.20. The summed E-state index contributed by atoms with van der Waals surface area (Å²) in [6.07, 6.45) is 1.84. The van der Waals surface area contributed by atoms with Crippen molar-refractivity contribution in [3.8, 4) is 5.75 Å². The zero-order valence-electron chi connectivity index (χ0n) is 7.88. The third-order valence-corrected chi connectivity index (χ3v) is 1.76. The molecule has 0 N–H and O–H groups in total. The number of halogens is 1. The topological polar surface area (TPSA) is 9.23 Å². The van der Waals surface area contributed by atoms with Crippen LogP contribution in [0.4, 0.5) is 0 Å². The van der Waals surface area contributed by atoms with Gasteiger partial charge in [-0.15, -0.1) is 0 Å². The summed E-state index contributed by atoms with van der Waals surface area (Å²) in [5.74, 6) is 0.883. The van der Waals surface area contributed by atoms with E-state index in [4.69, 9.17) is 16.3 Å². The number of benzene rings is 1. The lowest BCUT2D eigenvalue weighted by Crippen LogP contribution is -1.93. The number of allylic oxidation sites excluding steroid dienone is 1. The van der Waals surface area contributed by atoms with E-state index in [-0.39, 0.29) is 0 Å². The van der Waals surface area contributed by atoms with Crippen LogP contribution in [0.25, 0.3) is 0 Å². The van der Waals surface area contributed by atoms with Gasteiger partial charge in [0, 0.05) is 5.03 Å². The second-order valence-corrected chi connectivity index (χ2v) is 3.51. The first kappa shape index (κ1) is 10.1. The Kier molecular flexibility index (Phi) is 3.84. The molecule has 0 aliphatic carbocycles. The first-order chi connectivity index (χ1) is 6.18. The summed E-state index contributed by atoms with van der Waals surface area (Å²) >= 11 is 5.66. The molecule has 1 rings (SSSR count). The Morgan fingerprint density at radius 3 is 2.92 bits per heavy atom. The Morgan fingerprint density at radius 1 is 1.54 bits per heavy atom. The van der Waals surface area contributed by atoms with Crippen LogP contribution in [0, 0.1) is 6.92 Å². The lowest BCUT2D eigenvalue weighted by atomic mass is 10.2. The van der Waals surface area contributed by atoms with Gasteiger partial charge in [0.05, 0.1) is 0 Å². The summed E-state index contributed by atoms with van der Waals surface area (Å²) in [5.41, 5.74) is 1.20. The van der Waals surface area contributed by atoms with E-state index in [2.05, 4.69) is 0 Å². The highest BCUT2D eigenvalue weighted by molar-refractivity contribution is 6.29. The van der Waals surface area contributed by atoms with Gasteiger partial charge in [0.1, 0.15) is 12.4 Å². The molecule has 0 bridgehead atoms. The second-order valence-electron chi connectivity index (χ2n) is 2.92. The van der Waals surface area contributed by atoms with Crippen molar-refractivity contribution in [2.75, 3.05) is 6.61 Å². The van der Waals surface area contributed by atoms with E-state index in [1.165, 1.54) is 5.56 Å². The lowest BCUT2D eigenvalue weighted by Gasteiger charge is -2.03.